The maximum Gasteiger partial charge on any atom is 0.305 e. The Balaban J connectivity index is 3.14. The summed E-state index contributed by atoms with van der Waals surface area (Å²) in [5.41, 5.74) is 0. The zero-order chi connectivity index (χ0) is 38.9. The van der Waals surface area contributed by atoms with E-state index in [4.69, 9.17) is 4.74 Å². The summed E-state index contributed by atoms with van der Waals surface area (Å²) in [6.07, 6.45) is 66.8. The third-order valence-electron chi connectivity index (χ3n) is 12.2. The largest absolute Gasteiger partial charge is 0.466 e. The molecule has 0 saturated carbocycles. The Morgan fingerprint density at radius 2 is 0.407 bits per heavy atom. The van der Waals surface area contributed by atoms with Crippen LogP contribution in [0.25, 0.3) is 0 Å². The maximum absolute atomic E-state index is 12.1. The molecule has 0 aromatic carbocycles. The van der Waals surface area contributed by atoms with Crippen molar-refractivity contribution >= 4 is 5.97 Å². The lowest BCUT2D eigenvalue weighted by molar-refractivity contribution is -0.143. The van der Waals surface area contributed by atoms with E-state index in [0.29, 0.717) is 13.0 Å². The van der Waals surface area contributed by atoms with Gasteiger partial charge in [0, 0.05) is 6.42 Å². The molecule has 0 bridgehead atoms. The van der Waals surface area contributed by atoms with Crippen molar-refractivity contribution in [2.75, 3.05) is 6.61 Å². The fourth-order valence-corrected chi connectivity index (χ4v) is 8.38. The average molecular weight is 761 g/mol. The average Bonchev–Trinajstić information content (AvgIpc) is 3.18. The second kappa shape index (κ2) is 50.5. The molecule has 0 N–H and O–H groups in total. The molecular weight excluding hydrogens is 657 g/mol. The number of hydrogen-bond donors (Lipinski definition) is 0. The number of esters is 1. The smallest absolute Gasteiger partial charge is 0.305 e. The third kappa shape index (κ3) is 49.5. The van der Waals surface area contributed by atoms with Crippen LogP contribution in [-0.2, 0) is 9.53 Å². The minimum atomic E-state index is 0.0345. The summed E-state index contributed by atoms with van der Waals surface area (Å²) in [4.78, 5) is 12.1. The van der Waals surface area contributed by atoms with Crippen molar-refractivity contribution in [1.82, 2.24) is 0 Å². The summed E-state index contributed by atoms with van der Waals surface area (Å²) in [5.74, 6) is 0.0345. The molecule has 0 aromatic heterocycles. The lowest BCUT2D eigenvalue weighted by atomic mass is 10.0. The maximum atomic E-state index is 12.1. The molecule has 0 saturated heterocycles. The van der Waals surface area contributed by atoms with E-state index in [1.165, 1.54) is 289 Å². The van der Waals surface area contributed by atoms with Crippen molar-refractivity contribution in [3.63, 3.8) is 0 Å². The zero-order valence-corrected chi connectivity index (χ0v) is 38.0. The van der Waals surface area contributed by atoms with Crippen molar-refractivity contribution < 1.29 is 9.53 Å². The van der Waals surface area contributed by atoms with Crippen molar-refractivity contribution in [2.24, 2.45) is 0 Å². The van der Waals surface area contributed by atoms with Gasteiger partial charge in [0.1, 0.15) is 0 Å². The molecule has 2 heteroatoms. The van der Waals surface area contributed by atoms with Gasteiger partial charge in [0.25, 0.3) is 0 Å². The Morgan fingerprint density at radius 3 is 0.611 bits per heavy atom. The summed E-state index contributed by atoms with van der Waals surface area (Å²) >= 11 is 0. The van der Waals surface area contributed by atoms with Crippen molar-refractivity contribution in [3.8, 4) is 0 Å². The lowest BCUT2D eigenvalue weighted by Gasteiger charge is -2.06. The van der Waals surface area contributed by atoms with E-state index in [-0.39, 0.29) is 5.97 Å². The number of ether oxygens (including phenoxy) is 1. The molecule has 0 atom stereocenters. The number of rotatable bonds is 49. The first-order valence-corrected chi connectivity index (χ1v) is 26.0. The Morgan fingerprint density at radius 1 is 0.241 bits per heavy atom. The van der Waals surface area contributed by atoms with Gasteiger partial charge in [0.05, 0.1) is 6.61 Å². The molecule has 0 fully saturated rings. The van der Waals surface area contributed by atoms with Gasteiger partial charge < -0.3 is 4.74 Å². The van der Waals surface area contributed by atoms with Crippen LogP contribution >= 0.6 is 0 Å². The molecule has 0 rings (SSSR count). The molecule has 0 aliphatic rings. The molecule has 0 aromatic rings. The minimum absolute atomic E-state index is 0.0345. The number of carbonyl (C=O) groups excluding carboxylic acids is 1. The van der Waals surface area contributed by atoms with Gasteiger partial charge in [-0.05, 0) is 12.8 Å². The van der Waals surface area contributed by atoms with Crippen LogP contribution in [0.15, 0.2) is 0 Å². The van der Waals surface area contributed by atoms with E-state index in [1.807, 2.05) is 0 Å². The van der Waals surface area contributed by atoms with Gasteiger partial charge in [-0.25, -0.2) is 0 Å². The lowest BCUT2D eigenvalue weighted by Crippen LogP contribution is -2.05. The van der Waals surface area contributed by atoms with Crippen molar-refractivity contribution in [3.05, 3.63) is 0 Å². The van der Waals surface area contributed by atoms with Crippen molar-refractivity contribution in [2.45, 2.75) is 322 Å². The zero-order valence-electron chi connectivity index (χ0n) is 38.0. The van der Waals surface area contributed by atoms with Crippen LogP contribution in [0.3, 0.4) is 0 Å². The van der Waals surface area contributed by atoms with Crippen LogP contribution in [0.5, 0.6) is 0 Å². The topological polar surface area (TPSA) is 26.3 Å². The van der Waals surface area contributed by atoms with Crippen LogP contribution in [-0.4, -0.2) is 12.6 Å². The van der Waals surface area contributed by atoms with Gasteiger partial charge in [-0.3, -0.25) is 4.79 Å². The highest BCUT2D eigenvalue weighted by Gasteiger charge is 2.03. The van der Waals surface area contributed by atoms with Gasteiger partial charge in [0.15, 0.2) is 0 Å². The quantitative estimate of drug-likeness (QED) is 0.0456. The second-order valence-electron chi connectivity index (χ2n) is 17.9. The van der Waals surface area contributed by atoms with Gasteiger partial charge in [0.2, 0.25) is 0 Å². The molecule has 324 valence electrons. The fraction of sp³-hybridized carbons (Fsp3) is 0.981. The van der Waals surface area contributed by atoms with E-state index in [2.05, 4.69) is 13.8 Å². The fourth-order valence-electron chi connectivity index (χ4n) is 8.38. The highest BCUT2D eigenvalue weighted by atomic mass is 16.5. The molecule has 54 heavy (non-hydrogen) atoms. The predicted molar refractivity (Wildman–Crippen MR) is 244 cm³/mol. The molecule has 0 aliphatic carbocycles. The molecule has 0 radical (unpaired) electrons. The van der Waals surface area contributed by atoms with E-state index in [1.54, 1.807) is 0 Å². The first kappa shape index (κ1) is 53.5. The highest BCUT2D eigenvalue weighted by Crippen LogP contribution is 2.18. The standard InChI is InChI=1S/C52H104O2/c1-3-5-7-9-11-13-15-17-19-21-23-25-26-27-28-29-30-31-33-35-37-39-41-43-45-47-49-51-54-52(53)50-48-46-44-42-40-38-36-34-32-24-22-20-18-16-14-12-10-8-6-4-2/h3-51H2,1-2H3. The Hall–Kier alpha value is -0.530. The molecule has 0 spiro atoms. The summed E-state index contributed by atoms with van der Waals surface area (Å²) in [6.45, 7) is 5.24. The van der Waals surface area contributed by atoms with Crippen LogP contribution < -0.4 is 0 Å². The molecule has 2 nitrogen and oxygen atoms in total. The predicted octanol–water partition coefficient (Wildman–Crippen LogP) is 19.3. The molecule has 0 amide bonds. The summed E-state index contributed by atoms with van der Waals surface area (Å²) in [5, 5.41) is 0. The molecule has 0 heterocycles. The highest BCUT2D eigenvalue weighted by molar-refractivity contribution is 5.69. The van der Waals surface area contributed by atoms with Crippen molar-refractivity contribution in [1.29, 1.82) is 0 Å². The van der Waals surface area contributed by atoms with Crippen LogP contribution in [0.2, 0.25) is 0 Å². The molecule has 0 unspecified atom stereocenters. The normalized spacial score (nSPS) is 11.5. The molecule has 0 aliphatic heterocycles. The van der Waals surface area contributed by atoms with E-state index < -0.39 is 0 Å². The molecular formula is C52H104O2. The summed E-state index contributed by atoms with van der Waals surface area (Å²) < 4.78 is 5.50. The van der Waals surface area contributed by atoms with Gasteiger partial charge in [-0.1, -0.05) is 303 Å². The van der Waals surface area contributed by atoms with E-state index in [9.17, 15) is 4.79 Å². The third-order valence-corrected chi connectivity index (χ3v) is 12.2. The van der Waals surface area contributed by atoms with Gasteiger partial charge >= 0.3 is 5.97 Å². The first-order valence-electron chi connectivity index (χ1n) is 26.0. The van der Waals surface area contributed by atoms with Crippen LogP contribution in [0.1, 0.15) is 322 Å². The van der Waals surface area contributed by atoms with E-state index >= 15 is 0 Å². The van der Waals surface area contributed by atoms with Crippen LogP contribution in [0, 0.1) is 0 Å². The summed E-state index contributed by atoms with van der Waals surface area (Å²) in [6, 6.07) is 0. The monoisotopic (exact) mass is 761 g/mol. The Bertz CT molecular complexity index is 659. The number of hydrogen-bond acceptors (Lipinski definition) is 2. The minimum Gasteiger partial charge on any atom is -0.466 e. The van der Waals surface area contributed by atoms with Gasteiger partial charge in [-0.2, -0.15) is 0 Å². The van der Waals surface area contributed by atoms with Crippen LogP contribution in [0.4, 0.5) is 0 Å². The summed E-state index contributed by atoms with van der Waals surface area (Å²) in [7, 11) is 0. The Labute approximate surface area is 343 Å². The first-order chi connectivity index (χ1) is 26.8. The number of unbranched alkanes of at least 4 members (excludes halogenated alkanes) is 45. The second-order valence-corrected chi connectivity index (χ2v) is 17.9. The Kier molecular flexibility index (Phi) is 50.0. The number of carbonyl (C=O) groups is 1. The van der Waals surface area contributed by atoms with E-state index in [0.717, 1.165) is 12.8 Å². The van der Waals surface area contributed by atoms with Gasteiger partial charge in [-0.15, -0.1) is 0 Å². The SMILES string of the molecule is CCCCCCCCCCCCCCCCCCCCCCCCCCCCCOC(=O)CCCCCCCCCCCCCCCCCCCCCC.